The molecule has 0 amide bonds. The first kappa shape index (κ1) is 12.5. The number of benzene rings is 1. The van der Waals surface area contributed by atoms with Gasteiger partial charge in [0.1, 0.15) is 6.61 Å². The SMILES string of the molecule is CCOC1Oc2c(I)ccc(C#CCO)c2O1. The first-order valence-corrected chi connectivity index (χ1v) is 6.21. The van der Waals surface area contributed by atoms with E-state index in [1.54, 1.807) is 0 Å². The number of halogens is 1. The molecule has 1 atom stereocenters. The van der Waals surface area contributed by atoms with Crippen LogP contribution in [-0.2, 0) is 4.74 Å². The molecule has 1 unspecified atom stereocenters. The number of hydrogen-bond donors (Lipinski definition) is 1. The molecule has 0 aromatic heterocycles. The van der Waals surface area contributed by atoms with Crippen molar-refractivity contribution in [2.24, 2.45) is 0 Å². The summed E-state index contributed by atoms with van der Waals surface area (Å²) in [7, 11) is 0. The standard InChI is InChI=1S/C12H11IO4/c1-2-15-12-16-10-8(4-3-7-14)5-6-9(13)11(10)17-12/h5-6,12,14H,2,7H2,1H3. The monoisotopic (exact) mass is 346 g/mol. The van der Waals surface area contributed by atoms with Crippen LogP contribution < -0.4 is 9.47 Å². The number of aliphatic hydroxyl groups excluding tert-OH is 1. The Balaban J connectivity index is 2.33. The van der Waals surface area contributed by atoms with Crippen LogP contribution in [0.5, 0.6) is 11.5 Å². The van der Waals surface area contributed by atoms with Crippen LogP contribution in [0.25, 0.3) is 0 Å². The minimum atomic E-state index is -0.708. The quantitative estimate of drug-likeness (QED) is 0.655. The van der Waals surface area contributed by atoms with Gasteiger partial charge in [-0.25, -0.2) is 0 Å². The summed E-state index contributed by atoms with van der Waals surface area (Å²) in [5.41, 5.74) is 0.691. The molecule has 1 aliphatic heterocycles. The lowest BCUT2D eigenvalue weighted by molar-refractivity contribution is -0.173. The van der Waals surface area contributed by atoms with Crippen LogP contribution in [0, 0.1) is 15.4 Å². The van der Waals surface area contributed by atoms with Crippen molar-refractivity contribution in [3.05, 3.63) is 21.3 Å². The highest BCUT2D eigenvalue weighted by molar-refractivity contribution is 14.1. The summed E-state index contributed by atoms with van der Waals surface area (Å²) in [6, 6.07) is 3.72. The summed E-state index contributed by atoms with van der Waals surface area (Å²) in [4.78, 5) is 0. The van der Waals surface area contributed by atoms with Crippen LogP contribution in [-0.4, -0.2) is 24.8 Å². The van der Waals surface area contributed by atoms with E-state index in [0.29, 0.717) is 23.7 Å². The number of fused-ring (bicyclic) bond motifs is 1. The van der Waals surface area contributed by atoms with Crippen molar-refractivity contribution in [2.45, 2.75) is 13.4 Å². The number of rotatable bonds is 2. The van der Waals surface area contributed by atoms with Crippen LogP contribution >= 0.6 is 22.6 Å². The Morgan fingerprint density at radius 1 is 1.41 bits per heavy atom. The van der Waals surface area contributed by atoms with Gasteiger partial charge < -0.3 is 19.3 Å². The second-order valence-electron chi connectivity index (χ2n) is 3.19. The van der Waals surface area contributed by atoms with Gasteiger partial charge in [-0.2, -0.15) is 0 Å². The van der Waals surface area contributed by atoms with Gasteiger partial charge in [-0.3, -0.25) is 0 Å². The zero-order chi connectivity index (χ0) is 12.3. The molecule has 1 aromatic carbocycles. The van der Waals surface area contributed by atoms with E-state index >= 15 is 0 Å². The van der Waals surface area contributed by atoms with Gasteiger partial charge in [0, 0.05) is 0 Å². The first-order chi connectivity index (χ1) is 8.26. The molecule has 1 N–H and O–H groups in total. The maximum Gasteiger partial charge on any atom is 0.361 e. The maximum atomic E-state index is 8.70. The van der Waals surface area contributed by atoms with Crippen LogP contribution in [0.4, 0.5) is 0 Å². The molecule has 1 heterocycles. The van der Waals surface area contributed by atoms with Gasteiger partial charge in [0.15, 0.2) is 11.5 Å². The van der Waals surface area contributed by atoms with Gasteiger partial charge >= 0.3 is 6.48 Å². The summed E-state index contributed by atoms with van der Waals surface area (Å²) < 4.78 is 17.2. The normalized spacial score (nSPS) is 16.5. The van der Waals surface area contributed by atoms with Gasteiger partial charge in [0.25, 0.3) is 0 Å². The smallest absolute Gasteiger partial charge is 0.361 e. The number of aliphatic hydroxyl groups is 1. The van der Waals surface area contributed by atoms with Gasteiger partial charge in [0.2, 0.25) is 0 Å². The summed E-state index contributed by atoms with van der Waals surface area (Å²) in [5, 5.41) is 8.70. The van der Waals surface area contributed by atoms with Crippen molar-refractivity contribution in [3.63, 3.8) is 0 Å². The molecule has 90 valence electrons. The Kier molecular flexibility index (Phi) is 4.10. The van der Waals surface area contributed by atoms with Crippen molar-refractivity contribution in [1.29, 1.82) is 0 Å². The predicted octanol–water partition coefficient (Wildman–Crippen LogP) is 1.73. The van der Waals surface area contributed by atoms with Gasteiger partial charge in [0.05, 0.1) is 15.7 Å². The molecule has 0 fully saturated rings. The molecule has 0 radical (unpaired) electrons. The highest BCUT2D eigenvalue weighted by Crippen LogP contribution is 2.41. The van der Waals surface area contributed by atoms with E-state index < -0.39 is 6.48 Å². The molecule has 4 nitrogen and oxygen atoms in total. The molecule has 0 spiro atoms. The second-order valence-corrected chi connectivity index (χ2v) is 4.35. The average molecular weight is 346 g/mol. The average Bonchev–Trinajstić information content (AvgIpc) is 2.74. The molecule has 0 saturated carbocycles. The Morgan fingerprint density at radius 3 is 2.88 bits per heavy atom. The van der Waals surface area contributed by atoms with Crippen LogP contribution in [0.1, 0.15) is 12.5 Å². The lowest BCUT2D eigenvalue weighted by Gasteiger charge is -2.08. The Bertz CT molecular complexity index is 475. The predicted molar refractivity (Wildman–Crippen MR) is 69.8 cm³/mol. The summed E-state index contributed by atoms with van der Waals surface area (Å²) in [6.45, 7) is 1.48. The summed E-state index contributed by atoms with van der Waals surface area (Å²) in [6.07, 6.45) is 0. The summed E-state index contributed by atoms with van der Waals surface area (Å²) >= 11 is 2.16. The molecule has 1 aliphatic rings. The Morgan fingerprint density at radius 2 is 2.18 bits per heavy atom. The van der Waals surface area contributed by atoms with Crippen LogP contribution in [0.15, 0.2) is 12.1 Å². The van der Waals surface area contributed by atoms with E-state index in [0.717, 1.165) is 3.57 Å². The topological polar surface area (TPSA) is 47.9 Å². The highest BCUT2D eigenvalue weighted by atomic mass is 127. The van der Waals surface area contributed by atoms with Gasteiger partial charge in [-0.05, 0) is 41.6 Å². The zero-order valence-electron chi connectivity index (χ0n) is 9.20. The molecule has 0 aliphatic carbocycles. The molecule has 0 bridgehead atoms. The van der Waals surface area contributed by atoms with Crippen LogP contribution in [0.2, 0.25) is 0 Å². The van der Waals surface area contributed by atoms with E-state index in [4.69, 9.17) is 19.3 Å². The lowest BCUT2D eigenvalue weighted by Crippen LogP contribution is -2.21. The van der Waals surface area contributed by atoms with Gasteiger partial charge in [-0.15, -0.1) is 0 Å². The Labute approximate surface area is 113 Å². The Hall–Kier alpha value is -0.970. The van der Waals surface area contributed by atoms with E-state index in [1.165, 1.54) is 0 Å². The fourth-order valence-corrected chi connectivity index (χ4v) is 1.97. The van der Waals surface area contributed by atoms with Crippen molar-refractivity contribution in [3.8, 4) is 23.3 Å². The first-order valence-electron chi connectivity index (χ1n) is 5.13. The molecule has 2 rings (SSSR count). The molecular formula is C12H11IO4. The van der Waals surface area contributed by atoms with Crippen molar-refractivity contribution >= 4 is 22.6 Å². The largest absolute Gasteiger partial charge is 0.427 e. The second kappa shape index (κ2) is 5.58. The molecule has 5 heteroatoms. The minimum absolute atomic E-state index is 0.184. The molecular weight excluding hydrogens is 335 g/mol. The molecule has 1 aromatic rings. The third kappa shape index (κ3) is 2.65. The van der Waals surface area contributed by atoms with Gasteiger partial charge in [-0.1, -0.05) is 11.8 Å². The number of ether oxygens (including phenoxy) is 3. The fraction of sp³-hybridized carbons (Fsp3) is 0.333. The molecule has 17 heavy (non-hydrogen) atoms. The van der Waals surface area contributed by atoms with E-state index in [-0.39, 0.29) is 6.61 Å². The maximum absolute atomic E-state index is 8.70. The van der Waals surface area contributed by atoms with Crippen molar-refractivity contribution in [2.75, 3.05) is 13.2 Å². The third-order valence-electron chi connectivity index (χ3n) is 2.10. The van der Waals surface area contributed by atoms with Crippen molar-refractivity contribution in [1.82, 2.24) is 0 Å². The van der Waals surface area contributed by atoms with E-state index in [2.05, 4.69) is 34.4 Å². The lowest BCUT2D eigenvalue weighted by atomic mass is 10.2. The third-order valence-corrected chi connectivity index (χ3v) is 2.95. The minimum Gasteiger partial charge on any atom is -0.427 e. The zero-order valence-corrected chi connectivity index (χ0v) is 11.4. The summed E-state index contributed by atoms with van der Waals surface area (Å²) in [5.74, 6) is 6.63. The van der Waals surface area contributed by atoms with Crippen LogP contribution in [0.3, 0.4) is 0 Å². The molecule has 0 saturated heterocycles. The highest BCUT2D eigenvalue weighted by Gasteiger charge is 2.28. The van der Waals surface area contributed by atoms with E-state index in [9.17, 15) is 0 Å². The fourth-order valence-electron chi connectivity index (χ4n) is 1.42. The number of hydrogen-bond acceptors (Lipinski definition) is 4. The van der Waals surface area contributed by atoms with E-state index in [1.807, 2.05) is 19.1 Å². The van der Waals surface area contributed by atoms with Crippen molar-refractivity contribution < 1.29 is 19.3 Å².